The number of rotatable bonds is 6. The molecule has 2 heteroatoms. The molecule has 0 radical (unpaired) electrons. The summed E-state index contributed by atoms with van der Waals surface area (Å²) in [4.78, 5) is 0. The van der Waals surface area contributed by atoms with Gasteiger partial charge in [-0.1, -0.05) is 32.0 Å². The molecule has 0 aliphatic heterocycles. The summed E-state index contributed by atoms with van der Waals surface area (Å²) in [5.74, 6) is 6.37. The molecule has 0 heterocycles. The molecule has 1 aromatic carbocycles. The van der Waals surface area contributed by atoms with Gasteiger partial charge in [-0.2, -0.15) is 0 Å². The summed E-state index contributed by atoms with van der Waals surface area (Å²) in [6.45, 7) is 8.82. The Bertz CT molecular complexity index is 345. The molecule has 0 saturated carbocycles. The van der Waals surface area contributed by atoms with Gasteiger partial charge in [0.15, 0.2) is 0 Å². The van der Waals surface area contributed by atoms with E-state index in [0.717, 1.165) is 18.8 Å². The summed E-state index contributed by atoms with van der Waals surface area (Å²) in [6, 6.07) is 7.07. The summed E-state index contributed by atoms with van der Waals surface area (Å²) < 4.78 is 0. The molecule has 1 atom stereocenters. The lowest BCUT2D eigenvalue weighted by Crippen LogP contribution is -2.37. The number of hydrazine groups is 1. The van der Waals surface area contributed by atoms with Crippen LogP contribution in [0.4, 0.5) is 0 Å². The van der Waals surface area contributed by atoms with Crippen LogP contribution in [0.15, 0.2) is 18.2 Å². The van der Waals surface area contributed by atoms with Crippen molar-refractivity contribution < 1.29 is 0 Å². The highest BCUT2D eigenvalue weighted by Gasteiger charge is 2.09. The van der Waals surface area contributed by atoms with E-state index in [-0.39, 0.29) is 0 Å². The average Bonchev–Trinajstić information content (AvgIpc) is 2.28. The Morgan fingerprint density at radius 2 is 1.82 bits per heavy atom. The summed E-state index contributed by atoms with van der Waals surface area (Å²) in [5.41, 5.74) is 7.03. The van der Waals surface area contributed by atoms with Crippen LogP contribution in [0.2, 0.25) is 0 Å². The van der Waals surface area contributed by atoms with Crippen molar-refractivity contribution in [2.45, 2.75) is 53.0 Å². The van der Waals surface area contributed by atoms with Gasteiger partial charge in [-0.15, -0.1) is 0 Å². The van der Waals surface area contributed by atoms with E-state index in [2.05, 4.69) is 51.3 Å². The van der Waals surface area contributed by atoms with Crippen molar-refractivity contribution in [3.8, 4) is 0 Å². The van der Waals surface area contributed by atoms with E-state index in [1.54, 1.807) is 0 Å². The molecule has 1 aromatic rings. The second-order valence-electron chi connectivity index (χ2n) is 5.46. The Kier molecular flexibility index (Phi) is 5.66. The van der Waals surface area contributed by atoms with Crippen LogP contribution >= 0.6 is 0 Å². The minimum atomic E-state index is 0.388. The van der Waals surface area contributed by atoms with Gasteiger partial charge in [-0.05, 0) is 55.7 Å². The maximum atomic E-state index is 5.62. The molecule has 0 fully saturated rings. The number of aryl methyl sites for hydroxylation is 2. The molecule has 0 saturated heterocycles. The molecule has 0 aliphatic carbocycles. The first-order valence-electron chi connectivity index (χ1n) is 6.55. The minimum Gasteiger partial charge on any atom is -0.271 e. The molecule has 1 unspecified atom stereocenters. The third-order valence-electron chi connectivity index (χ3n) is 3.38. The molecular formula is C15H26N2. The quantitative estimate of drug-likeness (QED) is 0.586. The zero-order valence-electron chi connectivity index (χ0n) is 11.6. The fourth-order valence-corrected chi connectivity index (χ4v) is 1.99. The molecule has 0 amide bonds. The van der Waals surface area contributed by atoms with Gasteiger partial charge < -0.3 is 0 Å². The maximum absolute atomic E-state index is 5.62. The number of nitrogens with one attached hydrogen (secondary N) is 1. The van der Waals surface area contributed by atoms with Crippen LogP contribution in [0.25, 0.3) is 0 Å². The van der Waals surface area contributed by atoms with Crippen molar-refractivity contribution in [2.75, 3.05) is 0 Å². The zero-order chi connectivity index (χ0) is 12.8. The van der Waals surface area contributed by atoms with Crippen molar-refractivity contribution in [2.24, 2.45) is 11.8 Å². The van der Waals surface area contributed by atoms with Crippen molar-refractivity contribution >= 4 is 0 Å². The molecule has 1 rings (SSSR count). The summed E-state index contributed by atoms with van der Waals surface area (Å²) in [7, 11) is 0. The lowest BCUT2D eigenvalue weighted by Gasteiger charge is -2.17. The molecule has 2 nitrogen and oxygen atoms in total. The van der Waals surface area contributed by atoms with Crippen LogP contribution in [-0.2, 0) is 6.42 Å². The average molecular weight is 234 g/mol. The van der Waals surface area contributed by atoms with Gasteiger partial charge in [0.25, 0.3) is 0 Å². The van der Waals surface area contributed by atoms with Crippen LogP contribution in [-0.4, -0.2) is 6.04 Å². The molecule has 3 N–H and O–H groups in total. The van der Waals surface area contributed by atoms with Crippen LogP contribution < -0.4 is 11.3 Å². The highest BCUT2D eigenvalue weighted by molar-refractivity contribution is 5.30. The molecule has 0 aliphatic rings. The van der Waals surface area contributed by atoms with E-state index in [4.69, 9.17) is 5.84 Å². The van der Waals surface area contributed by atoms with Gasteiger partial charge in [0.05, 0.1) is 0 Å². The molecule has 0 spiro atoms. The second-order valence-corrected chi connectivity index (χ2v) is 5.46. The Balaban J connectivity index is 2.57. The van der Waals surface area contributed by atoms with Crippen LogP contribution in [0.5, 0.6) is 0 Å². The predicted molar refractivity (Wildman–Crippen MR) is 74.8 cm³/mol. The molecule has 96 valence electrons. The van der Waals surface area contributed by atoms with Crippen LogP contribution in [0.1, 0.15) is 43.4 Å². The van der Waals surface area contributed by atoms with Gasteiger partial charge in [0.1, 0.15) is 0 Å². The van der Waals surface area contributed by atoms with Gasteiger partial charge in [-0.25, -0.2) is 0 Å². The largest absolute Gasteiger partial charge is 0.271 e. The number of hydrogen-bond acceptors (Lipinski definition) is 2. The second kappa shape index (κ2) is 6.77. The Labute approximate surface area is 106 Å². The molecule has 0 aromatic heterocycles. The van der Waals surface area contributed by atoms with E-state index < -0.39 is 0 Å². The minimum absolute atomic E-state index is 0.388. The lowest BCUT2D eigenvalue weighted by atomic mass is 9.96. The monoisotopic (exact) mass is 234 g/mol. The van der Waals surface area contributed by atoms with E-state index in [0.29, 0.717) is 6.04 Å². The highest BCUT2D eigenvalue weighted by atomic mass is 15.2. The number of nitrogens with two attached hydrogens (primary N) is 1. The van der Waals surface area contributed by atoms with Gasteiger partial charge in [0.2, 0.25) is 0 Å². The van der Waals surface area contributed by atoms with Crippen molar-refractivity contribution in [3.05, 3.63) is 34.9 Å². The first kappa shape index (κ1) is 14.2. The van der Waals surface area contributed by atoms with Gasteiger partial charge >= 0.3 is 0 Å². The third-order valence-corrected chi connectivity index (χ3v) is 3.38. The Morgan fingerprint density at radius 1 is 1.12 bits per heavy atom. The van der Waals surface area contributed by atoms with Crippen LogP contribution in [0.3, 0.4) is 0 Å². The van der Waals surface area contributed by atoms with Crippen molar-refractivity contribution in [3.63, 3.8) is 0 Å². The highest BCUT2D eigenvalue weighted by Crippen LogP contribution is 2.14. The summed E-state index contributed by atoms with van der Waals surface area (Å²) in [5, 5.41) is 0. The molecular weight excluding hydrogens is 208 g/mol. The third kappa shape index (κ3) is 4.88. The predicted octanol–water partition coefficient (Wildman–Crippen LogP) is 3.11. The first-order chi connectivity index (χ1) is 8.02. The van der Waals surface area contributed by atoms with Crippen molar-refractivity contribution in [1.82, 2.24) is 5.43 Å². The van der Waals surface area contributed by atoms with E-state index in [1.165, 1.54) is 23.1 Å². The fraction of sp³-hybridized carbons (Fsp3) is 0.600. The van der Waals surface area contributed by atoms with Crippen LogP contribution in [0, 0.1) is 19.8 Å². The zero-order valence-corrected chi connectivity index (χ0v) is 11.6. The number of benzene rings is 1. The normalized spacial score (nSPS) is 13.1. The van der Waals surface area contributed by atoms with Gasteiger partial charge in [-0.3, -0.25) is 11.3 Å². The van der Waals surface area contributed by atoms with E-state index in [9.17, 15) is 0 Å². The standard InChI is InChI=1S/C15H26N2/c1-11(2)5-8-15(17-16)10-14-7-6-12(3)13(4)9-14/h6-7,9,11,15,17H,5,8,10,16H2,1-4H3. The summed E-state index contributed by atoms with van der Waals surface area (Å²) >= 11 is 0. The smallest absolute Gasteiger partial charge is 0.0251 e. The number of hydrogen-bond donors (Lipinski definition) is 2. The topological polar surface area (TPSA) is 38.0 Å². The Hall–Kier alpha value is -0.860. The Morgan fingerprint density at radius 3 is 2.35 bits per heavy atom. The van der Waals surface area contributed by atoms with Crippen molar-refractivity contribution in [1.29, 1.82) is 0 Å². The van der Waals surface area contributed by atoms with E-state index >= 15 is 0 Å². The molecule has 17 heavy (non-hydrogen) atoms. The fourth-order valence-electron chi connectivity index (χ4n) is 1.99. The summed E-state index contributed by atoms with van der Waals surface area (Å²) in [6.07, 6.45) is 3.38. The SMILES string of the molecule is Cc1ccc(CC(CCC(C)C)NN)cc1C. The first-order valence-corrected chi connectivity index (χ1v) is 6.55. The molecule has 0 bridgehead atoms. The maximum Gasteiger partial charge on any atom is 0.0251 e. The van der Waals surface area contributed by atoms with E-state index in [1.807, 2.05) is 0 Å². The lowest BCUT2D eigenvalue weighted by molar-refractivity contribution is 0.434. The van der Waals surface area contributed by atoms with Gasteiger partial charge in [0, 0.05) is 6.04 Å².